The van der Waals surface area contributed by atoms with E-state index in [9.17, 15) is 0 Å². The standard InChI is InChI=1S/C13H21N3O/c1-9(2)13-15-11(8-17-13)7-16-4-3-10-5-14-6-12(10)16/h8-10,12,14H,3-7H2,1-2H3. The molecule has 0 spiro atoms. The van der Waals surface area contributed by atoms with Gasteiger partial charge in [0, 0.05) is 25.0 Å². The van der Waals surface area contributed by atoms with Crippen molar-refractivity contribution in [3.8, 4) is 0 Å². The largest absolute Gasteiger partial charge is 0.448 e. The van der Waals surface area contributed by atoms with Crippen LogP contribution in [0.3, 0.4) is 0 Å². The summed E-state index contributed by atoms with van der Waals surface area (Å²) in [5, 5.41) is 3.48. The Labute approximate surface area is 102 Å². The van der Waals surface area contributed by atoms with E-state index in [1.54, 1.807) is 0 Å². The fourth-order valence-corrected chi connectivity index (χ4v) is 3.00. The average Bonchev–Trinajstić information content (AvgIpc) is 2.96. The van der Waals surface area contributed by atoms with Gasteiger partial charge in [-0.05, 0) is 25.4 Å². The second-order valence-corrected chi connectivity index (χ2v) is 5.58. The lowest BCUT2D eigenvalue weighted by Gasteiger charge is -2.21. The summed E-state index contributed by atoms with van der Waals surface area (Å²) in [5.41, 5.74) is 1.08. The molecule has 3 rings (SSSR count). The summed E-state index contributed by atoms with van der Waals surface area (Å²) < 4.78 is 5.49. The van der Waals surface area contributed by atoms with Gasteiger partial charge in [0.15, 0.2) is 5.89 Å². The van der Waals surface area contributed by atoms with Gasteiger partial charge in [0.25, 0.3) is 0 Å². The van der Waals surface area contributed by atoms with Crippen LogP contribution in [0, 0.1) is 5.92 Å². The molecular formula is C13H21N3O. The fourth-order valence-electron chi connectivity index (χ4n) is 3.00. The fraction of sp³-hybridized carbons (Fsp3) is 0.769. The smallest absolute Gasteiger partial charge is 0.196 e. The maximum absolute atomic E-state index is 5.49. The number of fused-ring (bicyclic) bond motifs is 1. The number of hydrogen-bond acceptors (Lipinski definition) is 4. The lowest BCUT2D eigenvalue weighted by Crippen LogP contribution is -2.33. The van der Waals surface area contributed by atoms with E-state index in [1.807, 2.05) is 6.26 Å². The van der Waals surface area contributed by atoms with Crippen LogP contribution >= 0.6 is 0 Å². The summed E-state index contributed by atoms with van der Waals surface area (Å²) >= 11 is 0. The van der Waals surface area contributed by atoms with Crippen molar-refractivity contribution >= 4 is 0 Å². The van der Waals surface area contributed by atoms with Gasteiger partial charge < -0.3 is 9.73 Å². The zero-order chi connectivity index (χ0) is 11.8. The number of oxazole rings is 1. The molecule has 0 aliphatic carbocycles. The van der Waals surface area contributed by atoms with Crippen LogP contribution in [-0.4, -0.2) is 35.6 Å². The number of rotatable bonds is 3. The zero-order valence-electron chi connectivity index (χ0n) is 10.6. The maximum atomic E-state index is 5.49. The molecule has 2 aliphatic heterocycles. The maximum Gasteiger partial charge on any atom is 0.196 e. The third-order valence-corrected chi connectivity index (χ3v) is 3.99. The van der Waals surface area contributed by atoms with Crippen molar-refractivity contribution in [2.75, 3.05) is 19.6 Å². The lowest BCUT2D eigenvalue weighted by molar-refractivity contribution is 0.241. The summed E-state index contributed by atoms with van der Waals surface area (Å²) in [7, 11) is 0. The predicted molar refractivity (Wildman–Crippen MR) is 65.8 cm³/mol. The molecule has 2 saturated heterocycles. The Morgan fingerprint density at radius 2 is 2.41 bits per heavy atom. The van der Waals surface area contributed by atoms with Gasteiger partial charge in [0.2, 0.25) is 0 Å². The third-order valence-electron chi connectivity index (χ3n) is 3.99. The van der Waals surface area contributed by atoms with Crippen molar-refractivity contribution in [2.24, 2.45) is 5.92 Å². The molecule has 0 saturated carbocycles. The Kier molecular flexibility index (Phi) is 2.92. The zero-order valence-corrected chi connectivity index (χ0v) is 10.6. The molecule has 94 valence electrons. The van der Waals surface area contributed by atoms with E-state index in [0.29, 0.717) is 12.0 Å². The first-order valence-electron chi connectivity index (χ1n) is 6.63. The van der Waals surface area contributed by atoms with Crippen molar-refractivity contribution in [1.29, 1.82) is 0 Å². The van der Waals surface area contributed by atoms with Gasteiger partial charge in [-0.1, -0.05) is 13.8 Å². The number of likely N-dealkylation sites (tertiary alicyclic amines) is 1. The molecular weight excluding hydrogens is 214 g/mol. The Morgan fingerprint density at radius 3 is 3.18 bits per heavy atom. The Hall–Kier alpha value is -0.870. The molecule has 3 heterocycles. The molecule has 2 atom stereocenters. The van der Waals surface area contributed by atoms with Gasteiger partial charge >= 0.3 is 0 Å². The van der Waals surface area contributed by atoms with Crippen LogP contribution in [0.25, 0.3) is 0 Å². The molecule has 1 aromatic heterocycles. The minimum atomic E-state index is 0.378. The number of nitrogens with one attached hydrogen (secondary N) is 1. The third kappa shape index (κ3) is 2.11. The normalized spacial score (nSPS) is 29.1. The topological polar surface area (TPSA) is 41.3 Å². The number of nitrogens with zero attached hydrogens (tertiary/aromatic N) is 2. The summed E-state index contributed by atoms with van der Waals surface area (Å²) in [4.78, 5) is 7.11. The molecule has 0 radical (unpaired) electrons. The summed E-state index contributed by atoms with van der Waals surface area (Å²) in [6, 6.07) is 0.717. The van der Waals surface area contributed by atoms with Gasteiger partial charge in [-0.3, -0.25) is 4.90 Å². The van der Waals surface area contributed by atoms with Gasteiger partial charge in [0.05, 0.1) is 5.69 Å². The molecule has 0 bridgehead atoms. The van der Waals surface area contributed by atoms with E-state index in [4.69, 9.17) is 4.42 Å². The summed E-state index contributed by atoms with van der Waals surface area (Å²) in [5.74, 6) is 2.09. The highest BCUT2D eigenvalue weighted by molar-refractivity contribution is 5.02. The van der Waals surface area contributed by atoms with Gasteiger partial charge in [-0.2, -0.15) is 0 Å². The Balaban J connectivity index is 1.66. The van der Waals surface area contributed by atoms with Crippen LogP contribution in [0.1, 0.15) is 37.8 Å². The Bertz CT molecular complexity index is 388. The highest BCUT2D eigenvalue weighted by Gasteiger charge is 2.37. The molecule has 4 heteroatoms. The van der Waals surface area contributed by atoms with Crippen LogP contribution in [0.5, 0.6) is 0 Å². The van der Waals surface area contributed by atoms with Gasteiger partial charge in [-0.15, -0.1) is 0 Å². The first-order chi connectivity index (χ1) is 8.24. The number of aromatic nitrogens is 1. The van der Waals surface area contributed by atoms with Crippen LogP contribution in [0.15, 0.2) is 10.7 Å². The second-order valence-electron chi connectivity index (χ2n) is 5.58. The molecule has 2 fully saturated rings. The lowest BCUT2D eigenvalue weighted by atomic mass is 10.1. The molecule has 1 aromatic rings. The first kappa shape index (κ1) is 11.2. The van der Waals surface area contributed by atoms with E-state index >= 15 is 0 Å². The molecule has 2 unspecified atom stereocenters. The highest BCUT2D eigenvalue weighted by Crippen LogP contribution is 2.28. The van der Waals surface area contributed by atoms with Crippen LogP contribution in [0.4, 0.5) is 0 Å². The molecule has 0 amide bonds. The van der Waals surface area contributed by atoms with Crippen molar-refractivity contribution in [2.45, 2.75) is 38.8 Å². The number of hydrogen-bond donors (Lipinski definition) is 1. The second kappa shape index (κ2) is 4.42. The molecule has 4 nitrogen and oxygen atoms in total. The summed E-state index contributed by atoms with van der Waals surface area (Å²) in [6.07, 6.45) is 3.15. The van der Waals surface area contributed by atoms with Crippen molar-refractivity contribution < 1.29 is 4.42 Å². The summed E-state index contributed by atoms with van der Waals surface area (Å²) in [6.45, 7) is 8.71. The molecule has 0 aromatic carbocycles. The van der Waals surface area contributed by atoms with E-state index in [0.717, 1.165) is 30.6 Å². The van der Waals surface area contributed by atoms with Crippen molar-refractivity contribution in [3.63, 3.8) is 0 Å². The van der Waals surface area contributed by atoms with Gasteiger partial charge in [-0.25, -0.2) is 4.98 Å². The SMILES string of the molecule is CC(C)c1nc(CN2CCC3CNCC32)co1. The minimum absolute atomic E-state index is 0.378. The van der Waals surface area contributed by atoms with E-state index in [1.165, 1.54) is 19.5 Å². The molecule has 17 heavy (non-hydrogen) atoms. The molecule has 1 N–H and O–H groups in total. The first-order valence-corrected chi connectivity index (χ1v) is 6.63. The van der Waals surface area contributed by atoms with Crippen LogP contribution in [-0.2, 0) is 6.54 Å². The monoisotopic (exact) mass is 235 g/mol. The van der Waals surface area contributed by atoms with E-state index < -0.39 is 0 Å². The molecule has 2 aliphatic rings. The van der Waals surface area contributed by atoms with Gasteiger partial charge in [0.1, 0.15) is 6.26 Å². The average molecular weight is 235 g/mol. The van der Waals surface area contributed by atoms with E-state index in [-0.39, 0.29) is 0 Å². The van der Waals surface area contributed by atoms with Crippen LogP contribution < -0.4 is 5.32 Å². The predicted octanol–water partition coefficient (Wildman–Crippen LogP) is 1.59. The van der Waals surface area contributed by atoms with Crippen molar-refractivity contribution in [3.05, 3.63) is 17.8 Å². The van der Waals surface area contributed by atoms with Crippen LogP contribution in [0.2, 0.25) is 0 Å². The van der Waals surface area contributed by atoms with E-state index in [2.05, 4.69) is 29.0 Å². The van der Waals surface area contributed by atoms with Crippen molar-refractivity contribution in [1.82, 2.24) is 15.2 Å². The quantitative estimate of drug-likeness (QED) is 0.864. The highest BCUT2D eigenvalue weighted by atomic mass is 16.3. The minimum Gasteiger partial charge on any atom is -0.448 e. The Morgan fingerprint density at radius 1 is 1.53 bits per heavy atom.